The first-order chi connectivity index (χ1) is 16.1. The first-order valence-corrected chi connectivity index (χ1v) is 13.2. The van der Waals surface area contributed by atoms with Crippen LogP contribution in [0.3, 0.4) is 0 Å². The van der Waals surface area contributed by atoms with Gasteiger partial charge in [-0.2, -0.15) is 0 Å². The smallest absolute Gasteiger partial charge is 0.157 e. The summed E-state index contributed by atoms with van der Waals surface area (Å²) >= 11 is 15.0. The Hall–Kier alpha value is -2.05. The highest BCUT2D eigenvalue weighted by Crippen LogP contribution is 2.47. The summed E-state index contributed by atoms with van der Waals surface area (Å²) in [6.45, 7) is 0. The SMILES string of the molecule is Clc1ccc([C@H]2Sc3ccccc3N=C(c3ccc(Br)cc3)[C@@H]2Oc2ccc(Br)cc2)cc1. The molecule has 0 saturated heterocycles. The maximum atomic E-state index is 6.70. The molecule has 0 aliphatic carbocycles. The molecule has 0 unspecified atom stereocenters. The first-order valence-electron chi connectivity index (χ1n) is 10.3. The van der Waals surface area contributed by atoms with Crippen LogP contribution in [0.1, 0.15) is 16.4 Å². The molecule has 0 N–H and O–H groups in total. The van der Waals surface area contributed by atoms with Crippen LogP contribution in [-0.4, -0.2) is 11.8 Å². The van der Waals surface area contributed by atoms with Crippen LogP contribution >= 0.6 is 55.2 Å². The van der Waals surface area contributed by atoms with Gasteiger partial charge in [-0.3, -0.25) is 0 Å². The predicted molar refractivity (Wildman–Crippen MR) is 145 cm³/mol. The molecule has 0 aromatic heterocycles. The fourth-order valence-corrected chi connectivity index (χ4v) is 5.63. The predicted octanol–water partition coefficient (Wildman–Crippen LogP) is 9.28. The molecule has 0 spiro atoms. The molecular formula is C27H18Br2ClNOS. The Morgan fingerprint density at radius 1 is 0.758 bits per heavy atom. The van der Waals surface area contributed by atoms with Gasteiger partial charge in [0.2, 0.25) is 0 Å². The maximum Gasteiger partial charge on any atom is 0.157 e. The molecule has 1 aliphatic heterocycles. The quantitative estimate of drug-likeness (QED) is 0.233. The molecule has 4 aromatic rings. The number of hydrogen-bond acceptors (Lipinski definition) is 3. The fraction of sp³-hybridized carbons (Fsp3) is 0.0741. The van der Waals surface area contributed by atoms with E-state index in [1.807, 2.05) is 54.6 Å². The minimum atomic E-state index is -0.328. The Labute approximate surface area is 219 Å². The van der Waals surface area contributed by atoms with Crippen molar-refractivity contribution < 1.29 is 4.74 Å². The van der Waals surface area contributed by atoms with Gasteiger partial charge in [0.25, 0.3) is 0 Å². The third-order valence-electron chi connectivity index (χ3n) is 5.32. The number of rotatable bonds is 4. The minimum absolute atomic E-state index is 0.0306. The van der Waals surface area contributed by atoms with Crippen LogP contribution in [0.2, 0.25) is 5.02 Å². The summed E-state index contributed by atoms with van der Waals surface area (Å²) in [6.07, 6.45) is -0.328. The Bertz CT molecular complexity index is 1290. The van der Waals surface area contributed by atoms with E-state index < -0.39 is 0 Å². The number of benzene rings is 4. The van der Waals surface area contributed by atoms with E-state index in [4.69, 9.17) is 21.3 Å². The lowest BCUT2D eigenvalue weighted by molar-refractivity contribution is 0.265. The van der Waals surface area contributed by atoms with Crippen LogP contribution in [0.4, 0.5) is 5.69 Å². The average Bonchev–Trinajstić information content (AvgIpc) is 2.99. The van der Waals surface area contributed by atoms with Crippen LogP contribution in [-0.2, 0) is 0 Å². The topological polar surface area (TPSA) is 21.6 Å². The fourth-order valence-electron chi connectivity index (χ4n) is 3.71. The third kappa shape index (κ3) is 5.22. The maximum absolute atomic E-state index is 6.70. The van der Waals surface area contributed by atoms with E-state index in [1.54, 1.807) is 11.8 Å². The van der Waals surface area contributed by atoms with E-state index in [2.05, 4.69) is 74.3 Å². The van der Waals surface area contributed by atoms with Gasteiger partial charge in [0.1, 0.15) is 5.75 Å². The third-order valence-corrected chi connectivity index (χ3v) is 8.00. The Morgan fingerprint density at radius 2 is 1.39 bits per heavy atom. The van der Waals surface area contributed by atoms with Gasteiger partial charge >= 0.3 is 0 Å². The minimum Gasteiger partial charge on any atom is -0.483 e. The number of nitrogens with zero attached hydrogens (tertiary/aromatic N) is 1. The van der Waals surface area contributed by atoms with Gasteiger partial charge in [0, 0.05) is 18.9 Å². The van der Waals surface area contributed by atoms with Crippen molar-refractivity contribution >= 4 is 66.6 Å². The number of hydrogen-bond donors (Lipinski definition) is 0. The number of thioether (sulfide) groups is 1. The summed E-state index contributed by atoms with van der Waals surface area (Å²) < 4.78 is 8.73. The second kappa shape index (κ2) is 10.1. The molecule has 164 valence electrons. The molecule has 0 radical (unpaired) electrons. The number of ether oxygens (including phenoxy) is 1. The molecule has 6 heteroatoms. The molecule has 2 atom stereocenters. The molecule has 0 bridgehead atoms. The monoisotopic (exact) mass is 597 g/mol. The molecule has 0 amide bonds. The van der Waals surface area contributed by atoms with Crippen molar-refractivity contribution in [2.45, 2.75) is 16.2 Å². The van der Waals surface area contributed by atoms with Gasteiger partial charge in [0.05, 0.1) is 16.6 Å². The summed E-state index contributed by atoms with van der Waals surface area (Å²) in [5, 5.41) is 0.682. The molecule has 1 heterocycles. The molecule has 0 saturated carbocycles. The van der Waals surface area contributed by atoms with E-state index in [-0.39, 0.29) is 11.4 Å². The molecule has 33 heavy (non-hydrogen) atoms. The number of para-hydroxylation sites is 1. The second-order valence-electron chi connectivity index (χ2n) is 7.55. The molecule has 1 aliphatic rings. The molecule has 5 rings (SSSR count). The van der Waals surface area contributed by atoms with Gasteiger partial charge in [0.15, 0.2) is 6.10 Å². The summed E-state index contributed by atoms with van der Waals surface area (Å²) in [4.78, 5) is 6.27. The summed E-state index contributed by atoms with van der Waals surface area (Å²) in [5.74, 6) is 0.790. The Kier molecular flexibility index (Phi) is 6.93. The van der Waals surface area contributed by atoms with Crippen LogP contribution < -0.4 is 4.74 Å². The van der Waals surface area contributed by atoms with Crippen molar-refractivity contribution in [1.82, 2.24) is 0 Å². The van der Waals surface area contributed by atoms with Crippen molar-refractivity contribution in [2.24, 2.45) is 4.99 Å². The van der Waals surface area contributed by atoms with Crippen LogP contribution in [0.25, 0.3) is 0 Å². The first kappa shape index (κ1) is 22.7. The second-order valence-corrected chi connectivity index (χ2v) is 11.0. The number of halogens is 3. The van der Waals surface area contributed by atoms with Gasteiger partial charge in [-0.1, -0.05) is 79.9 Å². The molecule has 4 aromatic carbocycles. The van der Waals surface area contributed by atoms with E-state index in [0.29, 0.717) is 5.02 Å². The largest absolute Gasteiger partial charge is 0.483 e. The highest BCUT2D eigenvalue weighted by Gasteiger charge is 2.34. The van der Waals surface area contributed by atoms with Crippen molar-refractivity contribution in [3.63, 3.8) is 0 Å². The lowest BCUT2D eigenvalue weighted by Crippen LogP contribution is -2.33. The lowest BCUT2D eigenvalue weighted by Gasteiger charge is -2.28. The van der Waals surface area contributed by atoms with Gasteiger partial charge in [-0.25, -0.2) is 4.99 Å². The number of fused-ring (bicyclic) bond motifs is 1. The normalized spacial score (nSPS) is 17.6. The molecule has 0 fully saturated rings. The van der Waals surface area contributed by atoms with Crippen molar-refractivity contribution in [1.29, 1.82) is 0 Å². The molecular weight excluding hydrogens is 582 g/mol. The lowest BCUT2D eigenvalue weighted by atomic mass is 9.98. The van der Waals surface area contributed by atoms with E-state index >= 15 is 0 Å². The van der Waals surface area contributed by atoms with Crippen LogP contribution in [0, 0.1) is 0 Å². The van der Waals surface area contributed by atoms with E-state index in [1.165, 1.54) is 0 Å². The summed E-state index contributed by atoms with van der Waals surface area (Å²) in [6, 6.07) is 32.4. The van der Waals surface area contributed by atoms with Crippen molar-refractivity contribution in [3.05, 3.63) is 122 Å². The van der Waals surface area contributed by atoms with E-state index in [9.17, 15) is 0 Å². The highest BCUT2D eigenvalue weighted by molar-refractivity contribution is 9.10. The summed E-state index contributed by atoms with van der Waals surface area (Å²) in [7, 11) is 0. The number of aliphatic imine (C=N–C) groups is 1. The van der Waals surface area contributed by atoms with E-state index in [0.717, 1.165) is 42.1 Å². The zero-order valence-corrected chi connectivity index (χ0v) is 22.0. The Balaban J connectivity index is 1.68. The van der Waals surface area contributed by atoms with Crippen LogP contribution in [0.15, 0.2) is 116 Å². The highest BCUT2D eigenvalue weighted by atomic mass is 79.9. The van der Waals surface area contributed by atoms with Gasteiger partial charge < -0.3 is 4.74 Å². The van der Waals surface area contributed by atoms with Crippen LogP contribution in [0.5, 0.6) is 5.75 Å². The zero-order valence-electron chi connectivity index (χ0n) is 17.3. The summed E-state index contributed by atoms with van der Waals surface area (Å²) in [5.41, 5.74) is 3.99. The molecule has 2 nitrogen and oxygen atoms in total. The Morgan fingerprint density at radius 3 is 2.09 bits per heavy atom. The van der Waals surface area contributed by atoms with Gasteiger partial charge in [-0.15, -0.1) is 11.8 Å². The standard InChI is InChI=1S/C27H18Br2ClNOS/c28-19-9-5-17(6-10-19)25-26(32-22-15-11-20(29)12-16-22)27(18-7-13-21(30)14-8-18)33-24-4-2-1-3-23(24)31-25/h1-16,26-27H/t26-,27+/m0/s1. The zero-order chi connectivity index (χ0) is 22.8. The van der Waals surface area contributed by atoms with Crippen molar-refractivity contribution in [2.75, 3.05) is 0 Å². The van der Waals surface area contributed by atoms with Gasteiger partial charge in [-0.05, 0) is 71.8 Å². The average molecular weight is 600 g/mol. The van der Waals surface area contributed by atoms with Crippen molar-refractivity contribution in [3.8, 4) is 5.75 Å².